The van der Waals surface area contributed by atoms with Crippen LogP contribution in [-0.4, -0.2) is 31.1 Å². The molecule has 136 valence electrons. The van der Waals surface area contributed by atoms with E-state index in [9.17, 15) is 9.59 Å². The van der Waals surface area contributed by atoms with Gasteiger partial charge in [-0.25, -0.2) is 0 Å². The molecule has 2 aromatic rings. The zero-order valence-corrected chi connectivity index (χ0v) is 14.9. The fourth-order valence-electron chi connectivity index (χ4n) is 2.87. The lowest BCUT2D eigenvalue weighted by Gasteiger charge is -2.32. The Morgan fingerprint density at radius 1 is 1.19 bits per heavy atom. The van der Waals surface area contributed by atoms with Crippen molar-refractivity contribution in [2.45, 2.75) is 26.4 Å². The van der Waals surface area contributed by atoms with Crippen LogP contribution in [0, 0.1) is 0 Å². The molecule has 0 bridgehead atoms. The standard InChI is InChI=1S/C20H22N2O4/c1-3-25-17-10-6-4-8-15(17)21-19(23)12-13-22-16-9-5-7-11-18(16)26-14(2)20(22)24/h4-11,14H,3,12-13H2,1-2H3,(H,21,23)/t14-/m1/s1. The van der Waals surface area contributed by atoms with E-state index in [0.29, 0.717) is 29.5 Å². The average molecular weight is 354 g/mol. The summed E-state index contributed by atoms with van der Waals surface area (Å²) >= 11 is 0. The molecule has 1 heterocycles. The monoisotopic (exact) mass is 354 g/mol. The summed E-state index contributed by atoms with van der Waals surface area (Å²) in [5.74, 6) is 0.958. The fraction of sp³-hybridized carbons (Fsp3) is 0.300. The van der Waals surface area contributed by atoms with Crippen LogP contribution < -0.4 is 19.7 Å². The van der Waals surface area contributed by atoms with E-state index in [1.807, 2.05) is 49.4 Å². The van der Waals surface area contributed by atoms with Crippen LogP contribution in [0.4, 0.5) is 11.4 Å². The molecule has 0 aromatic heterocycles. The van der Waals surface area contributed by atoms with Gasteiger partial charge in [0.15, 0.2) is 6.10 Å². The molecule has 2 aromatic carbocycles. The van der Waals surface area contributed by atoms with Crippen molar-refractivity contribution in [3.8, 4) is 11.5 Å². The molecular weight excluding hydrogens is 332 g/mol. The van der Waals surface area contributed by atoms with Gasteiger partial charge in [-0.15, -0.1) is 0 Å². The summed E-state index contributed by atoms with van der Waals surface area (Å²) in [6.45, 7) is 4.40. The first-order valence-electron chi connectivity index (χ1n) is 8.69. The van der Waals surface area contributed by atoms with Gasteiger partial charge in [0.1, 0.15) is 11.5 Å². The number of nitrogens with one attached hydrogen (secondary N) is 1. The van der Waals surface area contributed by atoms with E-state index in [2.05, 4.69) is 5.32 Å². The minimum Gasteiger partial charge on any atom is -0.492 e. The molecule has 1 atom stereocenters. The second-order valence-corrected chi connectivity index (χ2v) is 5.95. The van der Waals surface area contributed by atoms with Crippen molar-refractivity contribution in [2.75, 3.05) is 23.4 Å². The predicted octanol–water partition coefficient (Wildman–Crippen LogP) is 3.23. The molecule has 1 N–H and O–H groups in total. The van der Waals surface area contributed by atoms with E-state index in [1.54, 1.807) is 17.9 Å². The minimum atomic E-state index is -0.563. The number of rotatable bonds is 6. The fourth-order valence-corrected chi connectivity index (χ4v) is 2.87. The van der Waals surface area contributed by atoms with Crippen LogP contribution in [0.3, 0.4) is 0 Å². The summed E-state index contributed by atoms with van der Waals surface area (Å²) in [5, 5.41) is 2.85. The molecule has 0 spiro atoms. The molecule has 0 radical (unpaired) electrons. The number of nitrogens with zero attached hydrogens (tertiary/aromatic N) is 1. The Kier molecular flexibility index (Phi) is 5.41. The molecule has 1 aliphatic heterocycles. The van der Waals surface area contributed by atoms with E-state index in [4.69, 9.17) is 9.47 Å². The lowest BCUT2D eigenvalue weighted by molar-refractivity contribution is -0.125. The topological polar surface area (TPSA) is 67.9 Å². The largest absolute Gasteiger partial charge is 0.492 e. The maximum atomic E-state index is 12.4. The Morgan fingerprint density at radius 3 is 2.73 bits per heavy atom. The van der Waals surface area contributed by atoms with E-state index in [1.165, 1.54) is 0 Å². The third-order valence-electron chi connectivity index (χ3n) is 4.10. The van der Waals surface area contributed by atoms with E-state index in [0.717, 1.165) is 0 Å². The smallest absolute Gasteiger partial charge is 0.267 e. The Labute approximate surface area is 152 Å². The van der Waals surface area contributed by atoms with Crippen LogP contribution >= 0.6 is 0 Å². The maximum absolute atomic E-state index is 12.4. The van der Waals surface area contributed by atoms with Crippen molar-refractivity contribution in [1.82, 2.24) is 0 Å². The van der Waals surface area contributed by atoms with Gasteiger partial charge in [-0.05, 0) is 38.1 Å². The number of hydrogen-bond donors (Lipinski definition) is 1. The summed E-state index contributed by atoms with van der Waals surface area (Å²) in [4.78, 5) is 26.4. The van der Waals surface area contributed by atoms with Crippen LogP contribution in [0.15, 0.2) is 48.5 Å². The van der Waals surface area contributed by atoms with E-state index >= 15 is 0 Å². The number of para-hydroxylation sites is 4. The Morgan fingerprint density at radius 2 is 1.92 bits per heavy atom. The first-order valence-corrected chi connectivity index (χ1v) is 8.69. The summed E-state index contributed by atoms with van der Waals surface area (Å²) in [7, 11) is 0. The van der Waals surface area contributed by atoms with Gasteiger partial charge in [-0.2, -0.15) is 0 Å². The molecule has 0 saturated carbocycles. The normalized spacial score (nSPS) is 15.8. The van der Waals surface area contributed by atoms with Crippen LogP contribution in [0.1, 0.15) is 20.3 Å². The highest BCUT2D eigenvalue weighted by Crippen LogP contribution is 2.33. The molecule has 0 unspecified atom stereocenters. The first kappa shape index (κ1) is 17.8. The van der Waals surface area contributed by atoms with Crippen LogP contribution in [0.5, 0.6) is 11.5 Å². The molecule has 3 rings (SSSR count). The highest BCUT2D eigenvalue weighted by atomic mass is 16.5. The number of benzene rings is 2. The molecule has 1 aliphatic rings. The third kappa shape index (κ3) is 3.79. The highest BCUT2D eigenvalue weighted by molar-refractivity contribution is 6.01. The quantitative estimate of drug-likeness (QED) is 0.865. The third-order valence-corrected chi connectivity index (χ3v) is 4.10. The predicted molar refractivity (Wildman–Crippen MR) is 99.7 cm³/mol. The average Bonchev–Trinajstić information content (AvgIpc) is 2.64. The summed E-state index contributed by atoms with van der Waals surface area (Å²) < 4.78 is 11.1. The number of amides is 2. The van der Waals surface area contributed by atoms with Gasteiger partial charge in [0.05, 0.1) is 18.0 Å². The molecule has 6 heteroatoms. The van der Waals surface area contributed by atoms with Crippen LogP contribution in [-0.2, 0) is 9.59 Å². The molecule has 0 saturated heterocycles. The summed E-state index contributed by atoms with van der Waals surface area (Å²) in [5.41, 5.74) is 1.32. The number of ether oxygens (including phenoxy) is 2. The molecule has 0 aliphatic carbocycles. The molecule has 2 amide bonds. The van der Waals surface area contributed by atoms with E-state index in [-0.39, 0.29) is 24.8 Å². The van der Waals surface area contributed by atoms with Gasteiger partial charge in [0.25, 0.3) is 5.91 Å². The highest BCUT2D eigenvalue weighted by Gasteiger charge is 2.31. The molecule has 0 fully saturated rings. The van der Waals surface area contributed by atoms with Crippen molar-refractivity contribution in [3.63, 3.8) is 0 Å². The summed E-state index contributed by atoms with van der Waals surface area (Å²) in [6.07, 6.45) is -0.389. The Balaban J connectivity index is 1.67. The Hall–Kier alpha value is -3.02. The van der Waals surface area contributed by atoms with Crippen molar-refractivity contribution in [1.29, 1.82) is 0 Å². The zero-order valence-electron chi connectivity index (χ0n) is 14.9. The van der Waals surface area contributed by atoms with Crippen molar-refractivity contribution in [3.05, 3.63) is 48.5 Å². The van der Waals surface area contributed by atoms with Gasteiger partial charge in [-0.3, -0.25) is 9.59 Å². The lowest BCUT2D eigenvalue weighted by Crippen LogP contribution is -2.45. The van der Waals surface area contributed by atoms with Gasteiger partial charge in [0, 0.05) is 13.0 Å². The van der Waals surface area contributed by atoms with Crippen molar-refractivity contribution >= 4 is 23.2 Å². The SMILES string of the molecule is CCOc1ccccc1NC(=O)CCN1C(=O)[C@@H](C)Oc2ccccc21. The van der Waals surface area contributed by atoms with Crippen molar-refractivity contribution < 1.29 is 19.1 Å². The molecule has 6 nitrogen and oxygen atoms in total. The number of carbonyl (C=O) groups excluding carboxylic acids is 2. The van der Waals surface area contributed by atoms with Crippen LogP contribution in [0.25, 0.3) is 0 Å². The van der Waals surface area contributed by atoms with Gasteiger partial charge < -0.3 is 19.7 Å². The Bertz CT molecular complexity index is 806. The van der Waals surface area contributed by atoms with Gasteiger partial charge >= 0.3 is 0 Å². The second kappa shape index (κ2) is 7.91. The number of fused-ring (bicyclic) bond motifs is 1. The minimum absolute atomic E-state index is 0.147. The number of hydrogen-bond acceptors (Lipinski definition) is 4. The van der Waals surface area contributed by atoms with Crippen molar-refractivity contribution in [2.24, 2.45) is 0 Å². The number of carbonyl (C=O) groups is 2. The first-order chi connectivity index (χ1) is 12.6. The zero-order chi connectivity index (χ0) is 18.5. The second-order valence-electron chi connectivity index (χ2n) is 5.95. The lowest BCUT2D eigenvalue weighted by atomic mass is 10.1. The maximum Gasteiger partial charge on any atom is 0.267 e. The van der Waals surface area contributed by atoms with Gasteiger partial charge in [-0.1, -0.05) is 24.3 Å². The van der Waals surface area contributed by atoms with E-state index < -0.39 is 6.10 Å². The van der Waals surface area contributed by atoms with Gasteiger partial charge in [0.2, 0.25) is 5.91 Å². The molecule has 26 heavy (non-hydrogen) atoms. The molecular formula is C20H22N2O4. The number of anilines is 2. The summed E-state index contributed by atoms with van der Waals surface area (Å²) in [6, 6.07) is 14.6. The van der Waals surface area contributed by atoms with Crippen LogP contribution in [0.2, 0.25) is 0 Å².